The highest BCUT2D eigenvalue weighted by molar-refractivity contribution is 6.02. The lowest BCUT2D eigenvalue weighted by Gasteiger charge is -2.22. The SMILES string of the molecule is COC(C)(C)CCOC(=O)c1n[nH]c2ccc(N)cc12. The molecule has 108 valence electrons. The van der Waals surface area contributed by atoms with Crippen LogP contribution in [-0.2, 0) is 9.47 Å². The maximum absolute atomic E-state index is 12.0. The van der Waals surface area contributed by atoms with Crippen molar-refractivity contribution in [3.63, 3.8) is 0 Å². The van der Waals surface area contributed by atoms with E-state index in [0.717, 1.165) is 5.52 Å². The quantitative estimate of drug-likeness (QED) is 0.645. The van der Waals surface area contributed by atoms with Gasteiger partial charge in [0.05, 0.1) is 17.7 Å². The Bertz CT molecular complexity index is 619. The van der Waals surface area contributed by atoms with E-state index >= 15 is 0 Å². The van der Waals surface area contributed by atoms with Gasteiger partial charge >= 0.3 is 5.97 Å². The van der Waals surface area contributed by atoms with Crippen molar-refractivity contribution in [2.45, 2.75) is 25.9 Å². The molecule has 0 saturated heterocycles. The van der Waals surface area contributed by atoms with Gasteiger partial charge in [-0.15, -0.1) is 0 Å². The lowest BCUT2D eigenvalue weighted by Crippen LogP contribution is -2.25. The van der Waals surface area contributed by atoms with E-state index in [1.807, 2.05) is 13.8 Å². The predicted molar refractivity (Wildman–Crippen MR) is 76.5 cm³/mol. The molecule has 0 saturated carbocycles. The van der Waals surface area contributed by atoms with Gasteiger partial charge in [0.15, 0.2) is 5.69 Å². The molecule has 6 heteroatoms. The minimum absolute atomic E-state index is 0.252. The van der Waals surface area contributed by atoms with E-state index in [1.165, 1.54) is 0 Å². The molecule has 0 spiro atoms. The molecule has 2 rings (SSSR count). The Morgan fingerprint density at radius 1 is 1.45 bits per heavy atom. The summed E-state index contributed by atoms with van der Waals surface area (Å²) >= 11 is 0. The second-order valence-electron chi connectivity index (χ2n) is 5.23. The number of anilines is 1. The van der Waals surface area contributed by atoms with Crippen molar-refractivity contribution in [3.8, 4) is 0 Å². The van der Waals surface area contributed by atoms with Crippen LogP contribution in [0, 0.1) is 0 Å². The van der Waals surface area contributed by atoms with Gasteiger partial charge in [-0.25, -0.2) is 4.79 Å². The highest BCUT2D eigenvalue weighted by Crippen LogP contribution is 2.20. The summed E-state index contributed by atoms with van der Waals surface area (Å²) in [6.45, 7) is 4.15. The van der Waals surface area contributed by atoms with Crippen LogP contribution in [-0.4, -0.2) is 35.5 Å². The van der Waals surface area contributed by atoms with E-state index < -0.39 is 5.97 Å². The molecule has 0 radical (unpaired) electrons. The predicted octanol–water partition coefficient (Wildman–Crippen LogP) is 2.12. The number of aromatic amines is 1. The molecule has 0 amide bonds. The largest absolute Gasteiger partial charge is 0.461 e. The number of ether oxygens (including phenoxy) is 2. The topological polar surface area (TPSA) is 90.2 Å². The van der Waals surface area contributed by atoms with Crippen LogP contribution in [0.1, 0.15) is 30.8 Å². The molecule has 0 aliphatic rings. The number of hydrogen-bond donors (Lipinski definition) is 2. The number of hydrogen-bond acceptors (Lipinski definition) is 5. The monoisotopic (exact) mass is 277 g/mol. The summed E-state index contributed by atoms with van der Waals surface area (Å²) in [6, 6.07) is 5.23. The van der Waals surface area contributed by atoms with Gasteiger partial charge in [0, 0.05) is 24.6 Å². The third-order valence-electron chi connectivity index (χ3n) is 3.27. The number of nitrogens with one attached hydrogen (secondary N) is 1. The number of carbonyl (C=O) groups excluding carboxylic acids is 1. The number of nitrogens with two attached hydrogens (primary N) is 1. The zero-order chi connectivity index (χ0) is 14.8. The highest BCUT2D eigenvalue weighted by atomic mass is 16.5. The molecule has 2 aromatic rings. The van der Waals surface area contributed by atoms with Crippen LogP contribution >= 0.6 is 0 Å². The first-order chi connectivity index (χ1) is 9.43. The van der Waals surface area contributed by atoms with Crippen molar-refractivity contribution in [1.29, 1.82) is 0 Å². The van der Waals surface area contributed by atoms with Crippen molar-refractivity contribution in [1.82, 2.24) is 10.2 Å². The molecule has 0 bridgehead atoms. The molecule has 0 aliphatic carbocycles. The van der Waals surface area contributed by atoms with Gasteiger partial charge in [0.2, 0.25) is 0 Å². The molecule has 1 aromatic carbocycles. The first-order valence-electron chi connectivity index (χ1n) is 6.39. The molecule has 0 unspecified atom stereocenters. The molecule has 6 nitrogen and oxygen atoms in total. The smallest absolute Gasteiger partial charge is 0.359 e. The second-order valence-corrected chi connectivity index (χ2v) is 5.23. The fourth-order valence-corrected chi connectivity index (χ4v) is 1.75. The number of benzene rings is 1. The van der Waals surface area contributed by atoms with Gasteiger partial charge in [-0.3, -0.25) is 5.10 Å². The molecule has 1 heterocycles. The Morgan fingerprint density at radius 2 is 2.20 bits per heavy atom. The summed E-state index contributed by atoms with van der Waals surface area (Å²) in [5, 5.41) is 7.44. The van der Waals surface area contributed by atoms with E-state index in [4.69, 9.17) is 15.2 Å². The number of fused-ring (bicyclic) bond motifs is 1. The fraction of sp³-hybridized carbons (Fsp3) is 0.429. The van der Waals surface area contributed by atoms with Crippen molar-refractivity contribution < 1.29 is 14.3 Å². The summed E-state index contributed by atoms with van der Waals surface area (Å²) in [5.41, 5.74) is 6.98. The summed E-state index contributed by atoms with van der Waals surface area (Å²) in [5.74, 6) is -0.464. The standard InChI is InChI=1S/C14H19N3O3/c1-14(2,19-3)6-7-20-13(18)12-10-8-9(15)4-5-11(10)16-17-12/h4-5,8H,6-7,15H2,1-3H3,(H,16,17). The van der Waals surface area contributed by atoms with E-state index in [1.54, 1.807) is 25.3 Å². The summed E-state index contributed by atoms with van der Waals surface area (Å²) in [4.78, 5) is 12.0. The molecular formula is C14H19N3O3. The van der Waals surface area contributed by atoms with Crippen LogP contribution in [0.4, 0.5) is 5.69 Å². The van der Waals surface area contributed by atoms with Gasteiger partial charge in [-0.05, 0) is 32.0 Å². The Labute approximate surface area is 117 Å². The number of methoxy groups -OCH3 is 1. The van der Waals surface area contributed by atoms with Crippen LogP contribution in [0.5, 0.6) is 0 Å². The van der Waals surface area contributed by atoms with Crippen molar-refractivity contribution >= 4 is 22.6 Å². The van der Waals surface area contributed by atoms with Gasteiger partial charge in [0.25, 0.3) is 0 Å². The van der Waals surface area contributed by atoms with Gasteiger partial charge in [-0.2, -0.15) is 5.10 Å². The van der Waals surface area contributed by atoms with E-state index in [2.05, 4.69) is 10.2 Å². The Hall–Kier alpha value is -2.08. The second kappa shape index (κ2) is 5.50. The Kier molecular flexibility index (Phi) is 3.94. The highest BCUT2D eigenvalue weighted by Gasteiger charge is 2.19. The fourth-order valence-electron chi connectivity index (χ4n) is 1.75. The number of nitrogen functional groups attached to an aromatic ring is 1. The van der Waals surface area contributed by atoms with Crippen LogP contribution < -0.4 is 5.73 Å². The van der Waals surface area contributed by atoms with Gasteiger partial charge in [-0.1, -0.05) is 0 Å². The van der Waals surface area contributed by atoms with Gasteiger partial charge < -0.3 is 15.2 Å². The number of H-pyrrole nitrogens is 1. The molecule has 20 heavy (non-hydrogen) atoms. The minimum Gasteiger partial charge on any atom is -0.461 e. The van der Waals surface area contributed by atoms with E-state index in [0.29, 0.717) is 17.5 Å². The van der Waals surface area contributed by atoms with Crippen molar-refractivity contribution in [2.24, 2.45) is 0 Å². The Balaban J connectivity index is 2.06. The molecular weight excluding hydrogens is 258 g/mol. The number of esters is 1. The van der Waals surface area contributed by atoms with Gasteiger partial charge in [0.1, 0.15) is 0 Å². The third kappa shape index (κ3) is 3.08. The summed E-state index contributed by atoms with van der Waals surface area (Å²) < 4.78 is 10.5. The molecule has 0 aliphatic heterocycles. The normalized spacial score (nSPS) is 11.8. The zero-order valence-electron chi connectivity index (χ0n) is 11.9. The lowest BCUT2D eigenvalue weighted by atomic mass is 10.1. The molecule has 3 N–H and O–H groups in total. The van der Waals surface area contributed by atoms with E-state index in [9.17, 15) is 4.79 Å². The summed E-state index contributed by atoms with van der Waals surface area (Å²) in [6.07, 6.45) is 0.611. The maximum Gasteiger partial charge on any atom is 0.359 e. The Morgan fingerprint density at radius 3 is 2.90 bits per heavy atom. The molecule has 0 fully saturated rings. The van der Waals surface area contributed by atoms with Crippen LogP contribution in [0.3, 0.4) is 0 Å². The first kappa shape index (κ1) is 14.3. The van der Waals surface area contributed by atoms with Crippen LogP contribution in [0.15, 0.2) is 18.2 Å². The summed E-state index contributed by atoms with van der Waals surface area (Å²) in [7, 11) is 1.63. The van der Waals surface area contributed by atoms with Crippen molar-refractivity contribution in [3.05, 3.63) is 23.9 Å². The molecule has 0 atom stereocenters. The zero-order valence-corrected chi connectivity index (χ0v) is 11.9. The number of aromatic nitrogens is 2. The number of rotatable bonds is 5. The third-order valence-corrected chi connectivity index (χ3v) is 3.27. The van der Waals surface area contributed by atoms with Crippen molar-refractivity contribution in [2.75, 3.05) is 19.5 Å². The first-order valence-corrected chi connectivity index (χ1v) is 6.39. The average Bonchev–Trinajstić information content (AvgIpc) is 2.81. The average molecular weight is 277 g/mol. The maximum atomic E-state index is 12.0. The van der Waals surface area contributed by atoms with Crippen LogP contribution in [0.25, 0.3) is 10.9 Å². The van der Waals surface area contributed by atoms with E-state index in [-0.39, 0.29) is 17.9 Å². The number of nitrogens with zero attached hydrogens (tertiary/aromatic N) is 1. The minimum atomic E-state index is -0.464. The number of carbonyl (C=O) groups is 1. The molecule has 1 aromatic heterocycles. The van der Waals surface area contributed by atoms with Crippen LogP contribution in [0.2, 0.25) is 0 Å². The lowest BCUT2D eigenvalue weighted by molar-refractivity contribution is -0.00574.